The van der Waals surface area contributed by atoms with Gasteiger partial charge in [0.2, 0.25) is 0 Å². The number of rotatable bonds is 48. The second-order valence-corrected chi connectivity index (χ2v) is 17.8. The summed E-state index contributed by atoms with van der Waals surface area (Å²) >= 11 is 0. The molecule has 0 saturated carbocycles. The number of ether oxygens (including phenoxy) is 3. The minimum absolute atomic E-state index is 0.0997. The van der Waals surface area contributed by atoms with Gasteiger partial charge in [-0.2, -0.15) is 0 Å². The highest BCUT2D eigenvalue weighted by Crippen LogP contribution is 2.15. The predicted octanol–water partition coefficient (Wildman–Crippen LogP) is 18.0. The summed E-state index contributed by atoms with van der Waals surface area (Å²) in [6, 6.07) is 0. The quantitative estimate of drug-likeness (QED) is 0.0262. The first-order valence-corrected chi connectivity index (χ1v) is 27.1. The molecule has 0 heterocycles. The highest BCUT2D eigenvalue weighted by Gasteiger charge is 2.19. The smallest absolute Gasteiger partial charge is 0.306 e. The van der Waals surface area contributed by atoms with Gasteiger partial charge in [0.25, 0.3) is 0 Å². The Morgan fingerprint density at radius 1 is 0.323 bits per heavy atom. The lowest BCUT2D eigenvalue weighted by molar-refractivity contribution is -0.166. The molecule has 0 aromatic carbocycles. The Bertz CT molecular complexity index is 1270. The first-order chi connectivity index (χ1) is 32.0. The molecule has 65 heavy (non-hydrogen) atoms. The Morgan fingerprint density at radius 2 is 0.631 bits per heavy atom. The third kappa shape index (κ3) is 51.4. The van der Waals surface area contributed by atoms with Crippen molar-refractivity contribution in [3.05, 3.63) is 85.1 Å². The van der Waals surface area contributed by atoms with E-state index < -0.39 is 6.10 Å². The van der Waals surface area contributed by atoms with Crippen LogP contribution in [0.25, 0.3) is 0 Å². The first kappa shape index (κ1) is 61.6. The van der Waals surface area contributed by atoms with Crippen LogP contribution in [-0.2, 0) is 28.6 Å². The van der Waals surface area contributed by atoms with E-state index in [9.17, 15) is 14.4 Å². The SMILES string of the molecule is CC/C=C\C/C=C\C/C=C\C/C=C\C/C=C\C/C=C\CCC(=O)OCC(COC(=O)CCCCCCCCCCCCCCC)OC(=O)CCCCCCCCC/C=C\CCCCCC. The van der Waals surface area contributed by atoms with Crippen molar-refractivity contribution in [3.63, 3.8) is 0 Å². The molecule has 1 atom stereocenters. The van der Waals surface area contributed by atoms with Crippen LogP contribution < -0.4 is 0 Å². The molecule has 0 aliphatic carbocycles. The molecule has 0 aromatic rings. The molecule has 0 aromatic heterocycles. The Morgan fingerprint density at radius 3 is 1.05 bits per heavy atom. The molecular formula is C59H100O6. The van der Waals surface area contributed by atoms with E-state index in [0.717, 1.165) is 77.0 Å². The standard InChI is InChI=1S/C59H100O6/c1-4-7-10-13-16-19-22-25-27-28-29-30-32-34-37-40-43-46-49-52-58(61)64-55-56(54-63-57(60)51-48-45-42-39-36-33-24-21-18-15-12-9-6-3)65-59(62)53-50-47-44-41-38-35-31-26-23-20-17-14-11-8-5-2/h7,10,16,19-20,23,25,27,29-30,34,37,43,46,56H,4-6,8-9,11-15,17-18,21-22,24,26,28,31-33,35-36,38-42,44-45,47-55H2,1-3H3/b10-7-,19-16-,23-20-,27-25-,30-29-,37-34-,46-43-. The number of carbonyl (C=O) groups is 3. The lowest BCUT2D eigenvalue weighted by Crippen LogP contribution is -2.30. The average Bonchev–Trinajstić information content (AvgIpc) is 3.30. The van der Waals surface area contributed by atoms with Crippen LogP contribution in [0.5, 0.6) is 0 Å². The van der Waals surface area contributed by atoms with E-state index in [4.69, 9.17) is 14.2 Å². The molecule has 0 amide bonds. The van der Waals surface area contributed by atoms with Gasteiger partial charge in [-0.3, -0.25) is 14.4 Å². The van der Waals surface area contributed by atoms with Gasteiger partial charge in [0.05, 0.1) is 0 Å². The third-order valence-corrected chi connectivity index (χ3v) is 11.4. The van der Waals surface area contributed by atoms with Crippen LogP contribution in [0.4, 0.5) is 0 Å². The Kier molecular flexibility index (Phi) is 50.4. The van der Waals surface area contributed by atoms with E-state index in [2.05, 4.69) is 99.8 Å². The minimum Gasteiger partial charge on any atom is -0.462 e. The van der Waals surface area contributed by atoms with E-state index in [1.807, 2.05) is 6.08 Å². The second-order valence-electron chi connectivity index (χ2n) is 17.8. The van der Waals surface area contributed by atoms with Crippen LogP contribution in [0.1, 0.15) is 252 Å². The van der Waals surface area contributed by atoms with Gasteiger partial charge in [0.1, 0.15) is 13.2 Å². The fourth-order valence-electron chi connectivity index (χ4n) is 7.35. The van der Waals surface area contributed by atoms with Gasteiger partial charge in [-0.15, -0.1) is 0 Å². The summed E-state index contributed by atoms with van der Waals surface area (Å²) in [5.41, 5.74) is 0. The Hall–Kier alpha value is -3.41. The maximum atomic E-state index is 12.8. The second kappa shape index (κ2) is 53.2. The van der Waals surface area contributed by atoms with Gasteiger partial charge in [-0.25, -0.2) is 0 Å². The van der Waals surface area contributed by atoms with Gasteiger partial charge in [0, 0.05) is 19.3 Å². The molecule has 0 bridgehead atoms. The summed E-state index contributed by atoms with van der Waals surface area (Å²) < 4.78 is 16.8. The molecule has 0 saturated heterocycles. The van der Waals surface area contributed by atoms with Crippen molar-refractivity contribution in [1.82, 2.24) is 0 Å². The van der Waals surface area contributed by atoms with Crippen LogP contribution in [0.3, 0.4) is 0 Å². The molecule has 6 heteroatoms. The van der Waals surface area contributed by atoms with E-state index >= 15 is 0 Å². The normalized spacial score (nSPS) is 12.7. The van der Waals surface area contributed by atoms with Crippen LogP contribution >= 0.6 is 0 Å². The van der Waals surface area contributed by atoms with Crippen molar-refractivity contribution in [1.29, 1.82) is 0 Å². The van der Waals surface area contributed by atoms with Gasteiger partial charge in [0.15, 0.2) is 6.10 Å². The van der Waals surface area contributed by atoms with Crippen molar-refractivity contribution < 1.29 is 28.6 Å². The topological polar surface area (TPSA) is 78.9 Å². The van der Waals surface area contributed by atoms with Crippen LogP contribution in [-0.4, -0.2) is 37.2 Å². The molecule has 6 nitrogen and oxygen atoms in total. The molecule has 0 fully saturated rings. The summed E-state index contributed by atoms with van der Waals surface area (Å²) in [4.78, 5) is 38.0. The zero-order valence-electron chi connectivity index (χ0n) is 42.5. The molecule has 0 spiro atoms. The number of hydrogen-bond donors (Lipinski definition) is 0. The van der Waals surface area contributed by atoms with E-state index in [0.29, 0.717) is 19.3 Å². The summed E-state index contributed by atoms with van der Waals surface area (Å²) in [6.07, 6.45) is 68.6. The van der Waals surface area contributed by atoms with E-state index in [-0.39, 0.29) is 37.5 Å². The van der Waals surface area contributed by atoms with E-state index in [1.165, 1.54) is 128 Å². The lowest BCUT2D eigenvalue weighted by atomic mass is 10.0. The van der Waals surface area contributed by atoms with Crippen LogP contribution in [0.15, 0.2) is 85.1 Å². The largest absolute Gasteiger partial charge is 0.462 e. The fourth-order valence-corrected chi connectivity index (χ4v) is 7.35. The average molecular weight is 905 g/mol. The van der Waals surface area contributed by atoms with Gasteiger partial charge < -0.3 is 14.2 Å². The zero-order valence-corrected chi connectivity index (χ0v) is 42.5. The maximum absolute atomic E-state index is 12.8. The lowest BCUT2D eigenvalue weighted by Gasteiger charge is -2.18. The highest BCUT2D eigenvalue weighted by molar-refractivity contribution is 5.71. The zero-order chi connectivity index (χ0) is 47.2. The van der Waals surface area contributed by atoms with E-state index in [1.54, 1.807) is 0 Å². The van der Waals surface area contributed by atoms with Crippen molar-refractivity contribution in [2.45, 2.75) is 258 Å². The third-order valence-electron chi connectivity index (χ3n) is 11.4. The van der Waals surface area contributed by atoms with Crippen molar-refractivity contribution in [3.8, 4) is 0 Å². The highest BCUT2D eigenvalue weighted by atomic mass is 16.6. The molecule has 0 N–H and O–H groups in total. The van der Waals surface area contributed by atoms with Crippen molar-refractivity contribution in [2.24, 2.45) is 0 Å². The Labute approximate surface area is 401 Å². The first-order valence-electron chi connectivity index (χ1n) is 27.1. The summed E-state index contributed by atoms with van der Waals surface area (Å²) in [7, 11) is 0. The molecule has 1 unspecified atom stereocenters. The number of carbonyl (C=O) groups excluding carboxylic acids is 3. The molecule has 372 valence electrons. The fraction of sp³-hybridized carbons (Fsp3) is 0.712. The molecule has 0 aliphatic rings. The van der Waals surface area contributed by atoms with Gasteiger partial charge in [-0.1, -0.05) is 234 Å². The predicted molar refractivity (Wildman–Crippen MR) is 279 cm³/mol. The minimum atomic E-state index is -0.807. The van der Waals surface area contributed by atoms with Crippen LogP contribution in [0.2, 0.25) is 0 Å². The summed E-state index contributed by atoms with van der Waals surface area (Å²) in [6.45, 7) is 6.45. The number of esters is 3. The van der Waals surface area contributed by atoms with Crippen molar-refractivity contribution in [2.75, 3.05) is 13.2 Å². The summed E-state index contributed by atoms with van der Waals surface area (Å²) in [5, 5.41) is 0. The van der Waals surface area contributed by atoms with Gasteiger partial charge in [-0.05, 0) is 83.5 Å². The maximum Gasteiger partial charge on any atom is 0.306 e. The number of unbranched alkanes of at least 4 members (excludes halogenated alkanes) is 23. The summed E-state index contributed by atoms with van der Waals surface area (Å²) in [5.74, 6) is -0.989. The molecule has 0 aliphatic heterocycles. The monoisotopic (exact) mass is 905 g/mol. The van der Waals surface area contributed by atoms with Gasteiger partial charge >= 0.3 is 17.9 Å². The van der Waals surface area contributed by atoms with Crippen LogP contribution in [0, 0.1) is 0 Å². The molecule has 0 rings (SSSR count). The number of allylic oxidation sites excluding steroid dienone is 14. The Balaban J connectivity index is 4.49. The molecular weight excluding hydrogens is 805 g/mol. The molecule has 0 radical (unpaired) electrons. The van der Waals surface area contributed by atoms with Crippen molar-refractivity contribution >= 4 is 17.9 Å². The number of hydrogen-bond acceptors (Lipinski definition) is 6.